The Morgan fingerprint density at radius 2 is 1.55 bits per heavy atom. The summed E-state index contributed by atoms with van der Waals surface area (Å²) in [5.41, 5.74) is 0.157. The molecule has 31 heavy (non-hydrogen) atoms. The number of benzene rings is 2. The number of hydrogen-bond donors (Lipinski definition) is 0. The van der Waals surface area contributed by atoms with Crippen LogP contribution in [0.15, 0.2) is 42.5 Å². The molecule has 0 amide bonds. The lowest BCUT2D eigenvalue weighted by atomic mass is 9.88. The Kier molecular flexibility index (Phi) is 7.62. The molecule has 0 aromatic heterocycles. The molecule has 0 aliphatic rings. The molecule has 2 rings (SSSR count). The summed E-state index contributed by atoms with van der Waals surface area (Å²) in [7, 11) is 1.20. The van der Waals surface area contributed by atoms with Crippen LogP contribution in [0.5, 0.6) is 5.75 Å². The molecule has 0 aliphatic heterocycles. The second-order valence-electron chi connectivity index (χ2n) is 7.47. The summed E-state index contributed by atoms with van der Waals surface area (Å²) in [4.78, 5) is 12.3. The molecule has 0 spiro atoms. The summed E-state index contributed by atoms with van der Waals surface area (Å²) < 4.78 is 86.1. The van der Waals surface area contributed by atoms with Crippen molar-refractivity contribution in [1.29, 1.82) is 0 Å². The van der Waals surface area contributed by atoms with E-state index in [2.05, 4.69) is 0 Å². The Labute approximate surface area is 176 Å². The van der Waals surface area contributed by atoms with Gasteiger partial charge in [-0.25, -0.2) is 0 Å². The van der Waals surface area contributed by atoms with Crippen LogP contribution in [0.2, 0.25) is 0 Å². The molecule has 170 valence electrons. The average Bonchev–Trinajstić information content (AvgIpc) is 2.68. The van der Waals surface area contributed by atoms with Gasteiger partial charge in [-0.2, -0.15) is 26.3 Å². The predicted molar refractivity (Wildman–Crippen MR) is 103 cm³/mol. The fourth-order valence-corrected chi connectivity index (χ4v) is 3.07. The first-order valence-electron chi connectivity index (χ1n) is 9.40. The van der Waals surface area contributed by atoms with Gasteiger partial charge in [0, 0.05) is 0 Å². The minimum Gasteiger partial charge on any atom is -0.484 e. The van der Waals surface area contributed by atoms with Crippen LogP contribution in [0, 0.1) is 5.92 Å². The molecular weight excluding hydrogens is 426 g/mol. The lowest BCUT2D eigenvalue weighted by Crippen LogP contribution is -2.20. The van der Waals surface area contributed by atoms with Gasteiger partial charge in [-0.15, -0.1) is 0 Å². The SMILES string of the molecule is COC(=O)C(CC(C)C)c1cc(OCC(F)(F)F)cc(-c2ccc(C(F)(F)F)cc2)c1. The van der Waals surface area contributed by atoms with Crippen molar-refractivity contribution in [3.8, 4) is 16.9 Å². The third-order valence-corrected chi connectivity index (χ3v) is 4.47. The molecule has 0 N–H and O–H groups in total. The minimum absolute atomic E-state index is 0.0679. The Balaban J connectivity index is 2.53. The van der Waals surface area contributed by atoms with Crippen molar-refractivity contribution in [3.05, 3.63) is 53.6 Å². The van der Waals surface area contributed by atoms with Gasteiger partial charge >= 0.3 is 18.3 Å². The van der Waals surface area contributed by atoms with E-state index in [0.29, 0.717) is 23.1 Å². The maximum atomic E-state index is 12.8. The Bertz CT molecular complexity index is 886. The number of ether oxygens (including phenoxy) is 2. The Hall–Kier alpha value is -2.71. The van der Waals surface area contributed by atoms with Crippen LogP contribution in [-0.4, -0.2) is 25.9 Å². The molecule has 1 unspecified atom stereocenters. The van der Waals surface area contributed by atoms with Gasteiger partial charge in [0.1, 0.15) is 5.75 Å². The van der Waals surface area contributed by atoms with Crippen molar-refractivity contribution in [3.63, 3.8) is 0 Å². The van der Waals surface area contributed by atoms with E-state index >= 15 is 0 Å². The number of esters is 1. The van der Waals surface area contributed by atoms with Gasteiger partial charge < -0.3 is 9.47 Å². The van der Waals surface area contributed by atoms with Crippen molar-refractivity contribution in [2.75, 3.05) is 13.7 Å². The van der Waals surface area contributed by atoms with E-state index in [-0.39, 0.29) is 11.7 Å². The average molecular weight is 448 g/mol. The smallest absolute Gasteiger partial charge is 0.422 e. The van der Waals surface area contributed by atoms with Crippen LogP contribution in [0.1, 0.15) is 37.3 Å². The highest BCUT2D eigenvalue weighted by Crippen LogP contribution is 2.35. The highest BCUT2D eigenvalue weighted by atomic mass is 19.4. The lowest BCUT2D eigenvalue weighted by Gasteiger charge is -2.20. The Morgan fingerprint density at radius 3 is 2.03 bits per heavy atom. The van der Waals surface area contributed by atoms with Crippen molar-refractivity contribution >= 4 is 5.97 Å². The summed E-state index contributed by atoms with van der Waals surface area (Å²) in [5, 5.41) is 0. The molecule has 0 heterocycles. The van der Waals surface area contributed by atoms with Crippen LogP contribution in [0.25, 0.3) is 11.1 Å². The summed E-state index contributed by atoms with van der Waals surface area (Å²) >= 11 is 0. The molecule has 0 radical (unpaired) electrons. The van der Waals surface area contributed by atoms with Crippen LogP contribution >= 0.6 is 0 Å². The first-order valence-corrected chi connectivity index (χ1v) is 9.40. The van der Waals surface area contributed by atoms with Crippen molar-refractivity contribution in [1.82, 2.24) is 0 Å². The molecule has 3 nitrogen and oxygen atoms in total. The van der Waals surface area contributed by atoms with Gasteiger partial charge in [-0.3, -0.25) is 4.79 Å². The molecule has 2 aromatic rings. The molecule has 2 aromatic carbocycles. The highest BCUT2D eigenvalue weighted by Gasteiger charge is 2.31. The third-order valence-electron chi connectivity index (χ3n) is 4.47. The summed E-state index contributed by atoms with van der Waals surface area (Å²) in [6.07, 6.45) is -8.74. The number of rotatable bonds is 7. The van der Waals surface area contributed by atoms with Gasteiger partial charge in [0.2, 0.25) is 0 Å². The molecule has 0 aliphatic carbocycles. The zero-order valence-corrected chi connectivity index (χ0v) is 17.1. The summed E-state index contributed by atoms with van der Waals surface area (Å²) in [6.45, 7) is 2.20. The number of carbonyl (C=O) groups excluding carboxylic acids is 1. The summed E-state index contributed by atoms with van der Waals surface area (Å²) in [6, 6.07) is 8.35. The quantitative estimate of drug-likeness (QED) is 0.353. The number of methoxy groups -OCH3 is 1. The largest absolute Gasteiger partial charge is 0.484 e. The van der Waals surface area contributed by atoms with Crippen LogP contribution < -0.4 is 4.74 Å². The summed E-state index contributed by atoms with van der Waals surface area (Å²) in [5.74, 6) is -1.42. The van der Waals surface area contributed by atoms with Crippen molar-refractivity contribution in [2.45, 2.75) is 38.5 Å². The van der Waals surface area contributed by atoms with E-state index in [1.165, 1.54) is 31.4 Å². The number of halogens is 6. The standard InChI is InChI=1S/C22H22F6O3/c1-13(2)8-19(20(29)30-3)16-9-15(10-18(11-16)31-12-21(23,24)25)14-4-6-17(7-5-14)22(26,27)28/h4-7,9-11,13,19H,8,12H2,1-3H3. The topological polar surface area (TPSA) is 35.5 Å². The third kappa shape index (κ3) is 7.18. The molecule has 9 heteroatoms. The van der Waals surface area contributed by atoms with Crippen molar-refractivity contribution < 1.29 is 40.6 Å². The first kappa shape index (κ1) is 24.6. The molecule has 0 saturated heterocycles. The normalized spacial score (nSPS) is 13.2. The van der Waals surface area contributed by atoms with Crippen molar-refractivity contribution in [2.24, 2.45) is 5.92 Å². The number of carbonyl (C=O) groups is 1. The predicted octanol–water partition coefficient (Wildman–Crippen LogP) is 6.62. The van der Waals surface area contributed by atoms with E-state index in [1.54, 1.807) is 6.07 Å². The van der Waals surface area contributed by atoms with Crippen LogP contribution in [0.3, 0.4) is 0 Å². The van der Waals surface area contributed by atoms with E-state index in [0.717, 1.165) is 12.1 Å². The molecular formula is C22H22F6O3. The zero-order chi connectivity index (χ0) is 23.4. The van der Waals surface area contributed by atoms with E-state index in [1.807, 2.05) is 13.8 Å². The van der Waals surface area contributed by atoms with Gasteiger partial charge in [0.05, 0.1) is 18.6 Å². The van der Waals surface area contributed by atoms with Gasteiger partial charge in [-0.05, 0) is 53.3 Å². The number of hydrogen-bond acceptors (Lipinski definition) is 3. The van der Waals surface area contributed by atoms with Gasteiger partial charge in [-0.1, -0.05) is 32.0 Å². The second kappa shape index (κ2) is 9.62. The Morgan fingerprint density at radius 1 is 0.935 bits per heavy atom. The van der Waals surface area contributed by atoms with Gasteiger partial charge in [0.25, 0.3) is 0 Å². The zero-order valence-electron chi connectivity index (χ0n) is 17.1. The molecule has 0 fully saturated rings. The maximum Gasteiger partial charge on any atom is 0.422 e. The fourth-order valence-electron chi connectivity index (χ4n) is 3.07. The fraction of sp³-hybridized carbons (Fsp3) is 0.409. The monoisotopic (exact) mass is 448 g/mol. The lowest BCUT2D eigenvalue weighted by molar-refractivity contribution is -0.153. The van der Waals surface area contributed by atoms with Crippen LogP contribution in [-0.2, 0) is 15.7 Å². The molecule has 0 bridgehead atoms. The van der Waals surface area contributed by atoms with Crippen LogP contribution in [0.4, 0.5) is 26.3 Å². The molecule has 1 atom stereocenters. The first-order chi connectivity index (χ1) is 14.3. The molecule has 0 saturated carbocycles. The van der Waals surface area contributed by atoms with E-state index < -0.39 is 36.4 Å². The van der Waals surface area contributed by atoms with E-state index in [4.69, 9.17) is 9.47 Å². The van der Waals surface area contributed by atoms with Gasteiger partial charge in [0.15, 0.2) is 6.61 Å². The minimum atomic E-state index is -4.58. The number of alkyl halides is 6. The highest BCUT2D eigenvalue weighted by molar-refractivity contribution is 5.79. The maximum absolute atomic E-state index is 12.8. The van der Waals surface area contributed by atoms with E-state index in [9.17, 15) is 31.1 Å². The second-order valence-corrected chi connectivity index (χ2v) is 7.47.